The molecule has 1 aromatic carbocycles. The predicted molar refractivity (Wildman–Crippen MR) is 42.3 cm³/mol. The Balaban J connectivity index is 2.61. The molecule has 0 aromatic heterocycles. The van der Waals surface area contributed by atoms with Gasteiger partial charge < -0.3 is 14.6 Å². The number of rotatable bonds is 3. The Kier molecular flexibility index (Phi) is 3.18. The van der Waals surface area contributed by atoms with Gasteiger partial charge in [-0.15, -0.1) is 0 Å². The smallest absolute Gasteiger partial charge is 0.422 e. The lowest BCUT2D eigenvalue weighted by Crippen LogP contribution is -2.22. The first-order chi connectivity index (χ1) is 6.88. The number of aromatic carboxylic acids is 1. The number of alkyl halides is 3. The molecule has 1 rings (SSSR count). The zero-order valence-electron chi connectivity index (χ0n) is 7.38. The second-order valence-corrected chi connectivity index (χ2v) is 2.72. The number of ether oxygens (including phenoxy) is 1. The third-order valence-electron chi connectivity index (χ3n) is 1.49. The van der Waals surface area contributed by atoms with Gasteiger partial charge in [-0.05, 0) is 29.8 Å². The standard InChI is InChI=1S/C9H7F3O3/c10-9(11,12)5-15-7-3-1-6(2-4-7)8(13)14/h1-4H,5H2,(H,13,14)/p-1. The van der Waals surface area contributed by atoms with Gasteiger partial charge in [0.05, 0.1) is 5.97 Å². The molecule has 0 N–H and O–H groups in total. The van der Waals surface area contributed by atoms with Gasteiger partial charge in [-0.3, -0.25) is 0 Å². The average molecular weight is 219 g/mol. The fourth-order valence-electron chi connectivity index (χ4n) is 0.852. The van der Waals surface area contributed by atoms with Crippen LogP contribution in [0.15, 0.2) is 24.3 Å². The fourth-order valence-corrected chi connectivity index (χ4v) is 0.852. The zero-order chi connectivity index (χ0) is 11.5. The van der Waals surface area contributed by atoms with Crippen molar-refractivity contribution >= 4 is 5.97 Å². The Morgan fingerprint density at radius 3 is 2.20 bits per heavy atom. The fraction of sp³-hybridized carbons (Fsp3) is 0.222. The van der Waals surface area contributed by atoms with E-state index in [1.165, 1.54) is 0 Å². The summed E-state index contributed by atoms with van der Waals surface area (Å²) in [6.45, 7) is -1.41. The Morgan fingerprint density at radius 2 is 1.80 bits per heavy atom. The molecule has 0 aliphatic rings. The molecule has 0 heterocycles. The highest BCUT2D eigenvalue weighted by Crippen LogP contribution is 2.18. The lowest BCUT2D eigenvalue weighted by Gasteiger charge is -2.09. The summed E-state index contributed by atoms with van der Waals surface area (Å²) in [6.07, 6.45) is -4.41. The van der Waals surface area contributed by atoms with E-state index in [1.807, 2.05) is 0 Å². The monoisotopic (exact) mass is 219 g/mol. The molecule has 6 heteroatoms. The molecule has 0 aliphatic heterocycles. The molecule has 0 atom stereocenters. The minimum atomic E-state index is -4.41. The van der Waals surface area contributed by atoms with Gasteiger partial charge in [0.15, 0.2) is 6.61 Å². The van der Waals surface area contributed by atoms with Crippen LogP contribution in [0.4, 0.5) is 13.2 Å². The summed E-state index contributed by atoms with van der Waals surface area (Å²) < 4.78 is 39.5. The predicted octanol–water partition coefficient (Wildman–Crippen LogP) is 0.991. The van der Waals surface area contributed by atoms with Crippen molar-refractivity contribution in [3.8, 4) is 5.75 Å². The van der Waals surface area contributed by atoms with Crippen LogP contribution in [0.3, 0.4) is 0 Å². The highest BCUT2D eigenvalue weighted by atomic mass is 19.4. The number of carbonyl (C=O) groups excluding carboxylic acids is 1. The molecule has 0 fully saturated rings. The van der Waals surface area contributed by atoms with Gasteiger partial charge in [0, 0.05) is 0 Å². The van der Waals surface area contributed by atoms with Crippen LogP contribution in [0.1, 0.15) is 10.4 Å². The first-order valence-corrected chi connectivity index (χ1v) is 3.89. The second-order valence-electron chi connectivity index (χ2n) is 2.72. The van der Waals surface area contributed by atoms with Crippen LogP contribution in [0.2, 0.25) is 0 Å². The van der Waals surface area contributed by atoms with E-state index in [-0.39, 0.29) is 11.3 Å². The van der Waals surface area contributed by atoms with Gasteiger partial charge in [-0.2, -0.15) is 13.2 Å². The summed E-state index contributed by atoms with van der Waals surface area (Å²) in [4.78, 5) is 10.3. The van der Waals surface area contributed by atoms with Crippen LogP contribution in [0.5, 0.6) is 5.75 Å². The summed E-state index contributed by atoms with van der Waals surface area (Å²) in [5, 5.41) is 10.3. The van der Waals surface area contributed by atoms with Crippen LogP contribution < -0.4 is 9.84 Å². The van der Waals surface area contributed by atoms with Gasteiger partial charge in [0.1, 0.15) is 5.75 Å². The number of halogens is 3. The quantitative estimate of drug-likeness (QED) is 0.761. The number of hydrogen-bond donors (Lipinski definition) is 0. The van der Waals surface area contributed by atoms with E-state index in [0.717, 1.165) is 24.3 Å². The van der Waals surface area contributed by atoms with Crippen LogP contribution in [-0.2, 0) is 0 Å². The number of benzene rings is 1. The normalized spacial score (nSPS) is 11.1. The number of carboxylic acids is 1. The van der Waals surface area contributed by atoms with E-state index in [1.54, 1.807) is 0 Å². The maximum absolute atomic E-state index is 11.7. The largest absolute Gasteiger partial charge is 0.545 e. The Morgan fingerprint density at radius 1 is 1.27 bits per heavy atom. The molecule has 0 spiro atoms. The van der Waals surface area contributed by atoms with Crippen LogP contribution in [0, 0.1) is 0 Å². The summed E-state index contributed by atoms with van der Waals surface area (Å²) in [7, 11) is 0. The van der Waals surface area contributed by atoms with Crippen molar-refractivity contribution in [1.29, 1.82) is 0 Å². The molecule has 0 saturated heterocycles. The zero-order valence-corrected chi connectivity index (χ0v) is 7.38. The van der Waals surface area contributed by atoms with Crippen LogP contribution in [-0.4, -0.2) is 18.8 Å². The summed E-state index contributed by atoms with van der Waals surface area (Å²) in [5.41, 5.74) is -0.116. The lowest BCUT2D eigenvalue weighted by atomic mass is 10.2. The highest BCUT2D eigenvalue weighted by molar-refractivity contribution is 5.85. The third kappa shape index (κ3) is 3.88. The van der Waals surface area contributed by atoms with E-state index in [9.17, 15) is 23.1 Å². The van der Waals surface area contributed by atoms with Crippen molar-refractivity contribution < 1.29 is 27.8 Å². The van der Waals surface area contributed by atoms with Crippen molar-refractivity contribution in [2.45, 2.75) is 6.18 Å². The van der Waals surface area contributed by atoms with Gasteiger partial charge in [0.2, 0.25) is 0 Å². The van der Waals surface area contributed by atoms with E-state index < -0.39 is 18.8 Å². The third-order valence-corrected chi connectivity index (χ3v) is 1.49. The van der Waals surface area contributed by atoms with Crippen molar-refractivity contribution in [2.24, 2.45) is 0 Å². The maximum atomic E-state index is 11.7. The molecule has 0 amide bonds. The van der Waals surface area contributed by atoms with Crippen LogP contribution in [0.25, 0.3) is 0 Å². The first-order valence-electron chi connectivity index (χ1n) is 3.89. The molecule has 0 saturated carbocycles. The summed E-state index contributed by atoms with van der Waals surface area (Å²) in [6, 6.07) is 4.50. The van der Waals surface area contributed by atoms with Crippen molar-refractivity contribution in [2.75, 3.05) is 6.61 Å². The van der Waals surface area contributed by atoms with Gasteiger partial charge >= 0.3 is 6.18 Å². The molecule has 0 aliphatic carbocycles. The van der Waals surface area contributed by atoms with E-state index in [2.05, 4.69) is 4.74 Å². The van der Waals surface area contributed by atoms with E-state index in [4.69, 9.17) is 0 Å². The van der Waals surface area contributed by atoms with Crippen molar-refractivity contribution in [3.63, 3.8) is 0 Å². The van der Waals surface area contributed by atoms with Gasteiger partial charge in [0.25, 0.3) is 0 Å². The Labute approximate surface area is 83.1 Å². The van der Waals surface area contributed by atoms with E-state index in [0.29, 0.717) is 0 Å². The minimum Gasteiger partial charge on any atom is -0.545 e. The molecule has 15 heavy (non-hydrogen) atoms. The molecule has 0 bridgehead atoms. The molecular weight excluding hydrogens is 213 g/mol. The lowest BCUT2D eigenvalue weighted by molar-refractivity contribution is -0.255. The average Bonchev–Trinajstić information content (AvgIpc) is 2.14. The molecule has 1 aromatic rings. The molecular formula is C9H6F3O3-. The van der Waals surface area contributed by atoms with Crippen LogP contribution >= 0.6 is 0 Å². The second kappa shape index (κ2) is 4.20. The maximum Gasteiger partial charge on any atom is 0.422 e. The molecule has 0 radical (unpaired) electrons. The van der Waals surface area contributed by atoms with Gasteiger partial charge in [-0.25, -0.2) is 0 Å². The number of hydrogen-bond acceptors (Lipinski definition) is 3. The summed E-state index contributed by atoms with van der Waals surface area (Å²) in [5.74, 6) is -1.44. The highest BCUT2D eigenvalue weighted by Gasteiger charge is 2.28. The first kappa shape index (κ1) is 11.4. The van der Waals surface area contributed by atoms with E-state index >= 15 is 0 Å². The summed E-state index contributed by atoms with van der Waals surface area (Å²) >= 11 is 0. The Bertz CT molecular complexity index is 343. The molecule has 3 nitrogen and oxygen atoms in total. The van der Waals surface area contributed by atoms with Crippen molar-refractivity contribution in [3.05, 3.63) is 29.8 Å². The topological polar surface area (TPSA) is 49.4 Å². The minimum absolute atomic E-state index is 0.0441. The molecule has 82 valence electrons. The van der Waals surface area contributed by atoms with Crippen molar-refractivity contribution in [1.82, 2.24) is 0 Å². The van der Waals surface area contributed by atoms with Gasteiger partial charge in [-0.1, -0.05) is 0 Å². The SMILES string of the molecule is O=C([O-])c1ccc(OCC(F)(F)F)cc1. The number of carboxylic acid groups (broad SMARTS) is 1. The Hall–Kier alpha value is -1.72. The molecule has 0 unspecified atom stereocenters. The number of carbonyl (C=O) groups is 1.